The minimum absolute atomic E-state index is 0.0471. The molecule has 2 aromatic carbocycles. The molecule has 31 heavy (non-hydrogen) atoms. The summed E-state index contributed by atoms with van der Waals surface area (Å²) < 4.78 is 13.2. The summed E-state index contributed by atoms with van der Waals surface area (Å²) in [6, 6.07) is 12.7. The molecule has 7 heteroatoms. The number of hydrogen-bond acceptors (Lipinski definition) is 4. The van der Waals surface area contributed by atoms with E-state index in [9.17, 15) is 19.1 Å². The number of rotatable bonds is 7. The van der Waals surface area contributed by atoms with Crippen LogP contribution >= 0.6 is 0 Å². The number of hydrogen-bond donors (Lipinski definition) is 3. The van der Waals surface area contributed by atoms with Crippen LogP contribution in [0.15, 0.2) is 48.5 Å². The Kier molecular flexibility index (Phi) is 7.63. The molecule has 0 aromatic heterocycles. The standard InChI is InChI=1S/C24H30FN3O3/c1-16(2)23(17-7-9-19(25)10-8-17)27-22(30)15-28-13-11-18(12-14-28)24(31)26-20-5-3-4-6-21(20)29/h3-10,16,18,23,29H,11-15H2,1-2H3,(H,26,31)(H,27,30)/t23-/m0/s1. The van der Waals surface area contributed by atoms with Gasteiger partial charge in [0.1, 0.15) is 11.6 Å². The Hall–Kier alpha value is -2.93. The fourth-order valence-electron chi connectivity index (χ4n) is 3.89. The number of anilines is 1. The van der Waals surface area contributed by atoms with Crippen LogP contribution in [0.1, 0.15) is 38.3 Å². The molecule has 0 spiro atoms. The molecule has 0 bridgehead atoms. The number of para-hydroxylation sites is 2. The van der Waals surface area contributed by atoms with E-state index in [0.29, 0.717) is 31.6 Å². The quantitative estimate of drug-likeness (QED) is 0.589. The van der Waals surface area contributed by atoms with Gasteiger partial charge in [0, 0.05) is 5.92 Å². The molecule has 1 saturated heterocycles. The smallest absolute Gasteiger partial charge is 0.234 e. The summed E-state index contributed by atoms with van der Waals surface area (Å²) in [7, 11) is 0. The summed E-state index contributed by atoms with van der Waals surface area (Å²) in [5.41, 5.74) is 1.29. The number of piperidine rings is 1. The highest BCUT2D eigenvalue weighted by atomic mass is 19.1. The Bertz CT molecular complexity index is 893. The van der Waals surface area contributed by atoms with E-state index in [1.54, 1.807) is 30.3 Å². The van der Waals surface area contributed by atoms with Crippen LogP contribution in [0.5, 0.6) is 5.75 Å². The second-order valence-corrected chi connectivity index (χ2v) is 8.40. The van der Waals surface area contributed by atoms with Gasteiger partial charge in [0.15, 0.2) is 0 Å². The lowest BCUT2D eigenvalue weighted by Gasteiger charge is -2.31. The number of aromatic hydroxyl groups is 1. The van der Waals surface area contributed by atoms with Crippen molar-refractivity contribution >= 4 is 17.5 Å². The lowest BCUT2D eigenvalue weighted by molar-refractivity contribution is -0.124. The fourth-order valence-corrected chi connectivity index (χ4v) is 3.89. The molecule has 1 atom stereocenters. The van der Waals surface area contributed by atoms with E-state index in [-0.39, 0.29) is 47.8 Å². The predicted molar refractivity (Wildman–Crippen MR) is 118 cm³/mol. The molecular weight excluding hydrogens is 397 g/mol. The number of phenolic OH excluding ortho intramolecular Hbond substituents is 1. The first kappa shape index (κ1) is 22.7. The van der Waals surface area contributed by atoms with Gasteiger partial charge in [-0.15, -0.1) is 0 Å². The van der Waals surface area contributed by atoms with Crippen LogP contribution in [-0.4, -0.2) is 41.5 Å². The van der Waals surface area contributed by atoms with Crippen molar-refractivity contribution in [2.75, 3.05) is 25.0 Å². The molecule has 1 aliphatic heterocycles. The Morgan fingerprint density at radius 3 is 2.35 bits per heavy atom. The Morgan fingerprint density at radius 2 is 1.74 bits per heavy atom. The molecule has 3 rings (SSSR count). The Morgan fingerprint density at radius 1 is 1.10 bits per heavy atom. The van der Waals surface area contributed by atoms with Crippen LogP contribution in [0, 0.1) is 17.7 Å². The first-order valence-electron chi connectivity index (χ1n) is 10.7. The zero-order chi connectivity index (χ0) is 22.4. The number of likely N-dealkylation sites (tertiary alicyclic amines) is 1. The average molecular weight is 428 g/mol. The molecule has 3 N–H and O–H groups in total. The van der Waals surface area contributed by atoms with Gasteiger partial charge in [-0.05, 0) is 61.7 Å². The van der Waals surface area contributed by atoms with Gasteiger partial charge in [0.05, 0.1) is 18.3 Å². The van der Waals surface area contributed by atoms with Gasteiger partial charge in [0.25, 0.3) is 0 Å². The summed E-state index contributed by atoms with van der Waals surface area (Å²) in [5.74, 6) is -0.431. The summed E-state index contributed by atoms with van der Waals surface area (Å²) in [4.78, 5) is 27.2. The molecule has 0 aliphatic carbocycles. The summed E-state index contributed by atoms with van der Waals surface area (Å²) in [6.45, 7) is 5.59. The van der Waals surface area contributed by atoms with E-state index < -0.39 is 0 Å². The average Bonchev–Trinajstić information content (AvgIpc) is 2.75. The SMILES string of the molecule is CC(C)[C@H](NC(=O)CN1CCC(C(=O)Nc2ccccc2O)CC1)c1ccc(F)cc1. The topological polar surface area (TPSA) is 81.7 Å². The predicted octanol–water partition coefficient (Wildman–Crippen LogP) is 3.70. The van der Waals surface area contributed by atoms with E-state index in [4.69, 9.17) is 0 Å². The van der Waals surface area contributed by atoms with Crippen LogP contribution in [0.2, 0.25) is 0 Å². The zero-order valence-corrected chi connectivity index (χ0v) is 18.0. The van der Waals surface area contributed by atoms with E-state index in [1.165, 1.54) is 18.2 Å². The minimum Gasteiger partial charge on any atom is -0.506 e. The van der Waals surface area contributed by atoms with Gasteiger partial charge in [0.2, 0.25) is 11.8 Å². The van der Waals surface area contributed by atoms with Gasteiger partial charge in [-0.2, -0.15) is 0 Å². The molecule has 0 unspecified atom stereocenters. The molecule has 1 aliphatic rings. The number of nitrogens with one attached hydrogen (secondary N) is 2. The second-order valence-electron chi connectivity index (χ2n) is 8.40. The molecule has 166 valence electrons. The van der Waals surface area contributed by atoms with Gasteiger partial charge in [-0.25, -0.2) is 4.39 Å². The van der Waals surface area contributed by atoms with Crippen molar-refractivity contribution in [3.63, 3.8) is 0 Å². The monoisotopic (exact) mass is 427 g/mol. The third kappa shape index (κ3) is 6.28. The van der Waals surface area contributed by atoms with Gasteiger partial charge in [-0.1, -0.05) is 38.1 Å². The Labute approximate surface area is 182 Å². The lowest BCUT2D eigenvalue weighted by atomic mass is 9.95. The molecule has 6 nitrogen and oxygen atoms in total. The highest BCUT2D eigenvalue weighted by Crippen LogP contribution is 2.25. The first-order valence-corrected chi connectivity index (χ1v) is 10.7. The third-order valence-corrected chi connectivity index (χ3v) is 5.70. The number of benzene rings is 2. The molecule has 1 fully saturated rings. The van der Waals surface area contributed by atoms with Gasteiger partial charge >= 0.3 is 0 Å². The number of carbonyl (C=O) groups is 2. The lowest BCUT2D eigenvalue weighted by Crippen LogP contribution is -2.44. The molecule has 0 saturated carbocycles. The third-order valence-electron chi connectivity index (χ3n) is 5.70. The summed E-state index contributed by atoms with van der Waals surface area (Å²) >= 11 is 0. The van der Waals surface area contributed by atoms with Crippen LogP contribution in [0.25, 0.3) is 0 Å². The zero-order valence-electron chi connectivity index (χ0n) is 18.0. The number of nitrogens with zero attached hydrogens (tertiary/aromatic N) is 1. The molecule has 0 radical (unpaired) electrons. The molecule has 1 heterocycles. The summed E-state index contributed by atoms with van der Waals surface area (Å²) in [6.07, 6.45) is 1.30. The van der Waals surface area contributed by atoms with E-state index in [2.05, 4.69) is 10.6 Å². The van der Waals surface area contributed by atoms with Crippen molar-refractivity contribution in [3.05, 3.63) is 59.9 Å². The number of amides is 2. The normalized spacial score (nSPS) is 16.1. The molecule has 2 amide bonds. The van der Waals surface area contributed by atoms with Gasteiger partial charge < -0.3 is 15.7 Å². The maximum atomic E-state index is 13.2. The van der Waals surface area contributed by atoms with Crippen molar-refractivity contribution in [2.45, 2.75) is 32.7 Å². The maximum absolute atomic E-state index is 13.2. The van der Waals surface area contributed by atoms with Crippen molar-refractivity contribution in [2.24, 2.45) is 11.8 Å². The van der Waals surface area contributed by atoms with Crippen molar-refractivity contribution < 1.29 is 19.1 Å². The van der Waals surface area contributed by atoms with E-state index in [1.807, 2.05) is 18.7 Å². The highest BCUT2D eigenvalue weighted by molar-refractivity contribution is 5.93. The van der Waals surface area contributed by atoms with Crippen molar-refractivity contribution in [3.8, 4) is 5.75 Å². The molecule has 2 aromatic rings. The van der Waals surface area contributed by atoms with E-state index >= 15 is 0 Å². The minimum atomic E-state index is -0.299. The van der Waals surface area contributed by atoms with Crippen LogP contribution in [-0.2, 0) is 9.59 Å². The maximum Gasteiger partial charge on any atom is 0.234 e. The largest absolute Gasteiger partial charge is 0.506 e. The van der Waals surface area contributed by atoms with Crippen molar-refractivity contribution in [1.82, 2.24) is 10.2 Å². The number of carbonyl (C=O) groups excluding carboxylic acids is 2. The first-order chi connectivity index (χ1) is 14.8. The number of phenols is 1. The Balaban J connectivity index is 1.48. The second kappa shape index (κ2) is 10.4. The van der Waals surface area contributed by atoms with Crippen molar-refractivity contribution in [1.29, 1.82) is 0 Å². The van der Waals surface area contributed by atoms with Crippen LogP contribution < -0.4 is 10.6 Å². The van der Waals surface area contributed by atoms with Crippen LogP contribution in [0.3, 0.4) is 0 Å². The van der Waals surface area contributed by atoms with Crippen LogP contribution in [0.4, 0.5) is 10.1 Å². The highest BCUT2D eigenvalue weighted by Gasteiger charge is 2.27. The molecular formula is C24H30FN3O3. The fraction of sp³-hybridized carbons (Fsp3) is 0.417. The summed E-state index contributed by atoms with van der Waals surface area (Å²) in [5, 5.41) is 15.7. The number of halogens is 1. The van der Waals surface area contributed by atoms with E-state index in [0.717, 1.165) is 5.56 Å². The van der Waals surface area contributed by atoms with Gasteiger partial charge in [-0.3, -0.25) is 14.5 Å².